The molecule has 0 fully saturated rings. The van der Waals surface area contributed by atoms with E-state index in [0.29, 0.717) is 24.3 Å². The van der Waals surface area contributed by atoms with Crippen LogP contribution >= 0.6 is 0 Å². The molecule has 28 heavy (non-hydrogen) atoms. The molecule has 0 amide bonds. The fourth-order valence-corrected chi connectivity index (χ4v) is 3.03. The lowest BCUT2D eigenvalue weighted by atomic mass is 9.96. The van der Waals surface area contributed by atoms with Gasteiger partial charge in [-0.15, -0.1) is 0 Å². The van der Waals surface area contributed by atoms with Gasteiger partial charge in [0.1, 0.15) is 11.5 Å². The predicted molar refractivity (Wildman–Crippen MR) is 112 cm³/mol. The van der Waals surface area contributed by atoms with E-state index in [9.17, 15) is 9.59 Å². The third-order valence-electron chi connectivity index (χ3n) is 4.48. The molecule has 0 heterocycles. The van der Waals surface area contributed by atoms with Crippen molar-refractivity contribution in [2.45, 2.75) is 66.2 Å². The molecule has 4 nitrogen and oxygen atoms in total. The average Bonchev–Trinajstić information content (AvgIpc) is 2.70. The first-order chi connectivity index (χ1) is 13.5. The summed E-state index contributed by atoms with van der Waals surface area (Å²) in [4.78, 5) is 23.9. The largest absolute Gasteiger partial charge is 0.426 e. The van der Waals surface area contributed by atoms with E-state index >= 15 is 0 Å². The van der Waals surface area contributed by atoms with Crippen molar-refractivity contribution in [3.05, 3.63) is 47.5 Å². The van der Waals surface area contributed by atoms with E-state index in [-0.39, 0.29) is 11.9 Å². The van der Waals surface area contributed by atoms with Gasteiger partial charge in [-0.25, -0.2) is 0 Å². The van der Waals surface area contributed by atoms with Gasteiger partial charge in [-0.3, -0.25) is 9.59 Å². The molecule has 0 aliphatic carbocycles. The highest BCUT2D eigenvalue weighted by Crippen LogP contribution is 2.38. The second-order valence-electron chi connectivity index (χ2n) is 6.82. The van der Waals surface area contributed by atoms with Gasteiger partial charge in [-0.2, -0.15) is 0 Å². The maximum atomic E-state index is 11.9. The molecule has 4 heteroatoms. The molecule has 150 valence electrons. The zero-order valence-corrected chi connectivity index (χ0v) is 17.3. The van der Waals surface area contributed by atoms with E-state index < -0.39 is 0 Å². The van der Waals surface area contributed by atoms with Gasteiger partial charge >= 0.3 is 11.9 Å². The van der Waals surface area contributed by atoms with Gasteiger partial charge in [0.2, 0.25) is 0 Å². The van der Waals surface area contributed by atoms with Crippen LogP contribution in [0.3, 0.4) is 0 Å². The van der Waals surface area contributed by atoms with Crippen LogP contribution < -0.4 is 9.47 Å². The molecule has 2 aromatic rings. The lowest BCUT2D eigenvalue weighted by molar-refractivity contribution is -0.135. The first-order valence-electron chi connectivity index (χ1n) is 10.2. The zero-order valence-electron chi connectivity index (χ0n) is 17.3. The highest BCUT2D eigenvalue weighted by molar-refractivity contribution is 5.83. The van der Waals surface area contributed by atoms with Gasteiger partial charge in [0, 0.05) is 24.0 Å². The van der Waals surface area contributed by atoms with Crippen molar-refractivity contribution in [1.29, 1.82) is 0 Å². The first kappa shape index (κ1) is 21.7. The zero-order chi connectivity index (χ0) is 20.5. The summed E-state index contributed by atoms with van der Waals surface area (Å²) >= 11 is 0. The summed E-state index contributed by atoms with van der Waals surface area (Å²) in [6.07, 6.45) is 4.47. The molecule has 0 N–H and O–H groups in total. The fraction of sp³-hybridized carbons (Fsp3) is 0.417. The minimum Gasteiger partial charge on any atom is -0.426 e. The smallest absolute Gasteiger partial charge is 0.310 e. The lowest BCUT2D eigenvalue weighted by Crippen LogP contribution is -2.09. The Bertz CT molecular complexity index is 754. The summed E-state index contributed by atoms with van der Waals surface area (Å²) < 4.78 is 11.2. The Morgan fingerprint density at radius 2 is 1.07 bits per heavy atom. The molecule has 0 aliphatic heterocycles. The molecule has 0 bridgehead atoms. The van der Waals surface area contributed by atoms with Crippen LogP contribution in [0, 0.1) is 0 Å². The van der Waals surface area contributed by atoms with Crippen LogP contribution in [-0.2, 0) is 22.4 Å². The van der Waals surface area contributed by atoms with E-state index in [1.807, 2.05) is 36.4 Å². The van der Waals surface area contributed by atoms with Crippen molar-refractivity contribution < 1.29 is 19.1 Å². The summed E-state index contributed by atoms with van der Waals surface area (Å²) in [5.74, 6) is 0.408. The van der Waals surface area contributed by atoms with Crippen LogP contribution in [0.1, 0.15) is 64.5 Å². The number of rotatable bonds is 9. The quantitative estimate of drug-likeness (QED) is 0.401. The number of hydrogen-bond acceptors (Lipinski definition) is 4. The number of esters is 2. The van der Waals surface area contributed by atoms with Crippen molar-refractivity contribution in [1.82, 2.24) is 0 Å². The Morgan fingerprint density at radius 1 is 0.679 bits per heavy atom. The van der Waals surface area contributed by atoms with Crippen LogP contribution in [0.15, 0.2) is 36.4 Å². The van der Waals surface area contributed by atoms with Crippen molar-refractivity contribution in [3.63, 3.8) is 0 Å². The molecule has 0 spiro atoms. The molecule has 0 saturated heterocycles. The van der Waals surface area contributed by atoms with E-state index in [0.717, 1.165) is 47.9 Å². The number of carbonyl (C=O) groups is 2. The molecule has 2 aromatic carbocycles. The van der Waals surface area contributed by atoms with Gasteiger partial charge in [0.25, 0.3) is 0 Å². The molecule has 0 radical (unpaired) electrons. The van der Waals surface area contributed by atoms with Crippen molar-refractivity contribution in [3.8, 4) is 22.6 Å². The highest BCUT2D eigenvalue weighted by Gasteiger charge is 2.17. The molecular weight excluding hydrogens is 352 g/mol. The minimum absolute atomic E-state index is 0.290. The Kier molecular flexibility index (Phi) is 8.24. The third kappa shape index (κ3) is 5.69. The number of hydrogen-bond donors (Lipinski definition) is 0. The number of carbonyl (C=O) groups excluding carboxylic acids is 2. The maximum Gasteiger partial charge on any atom is 0.310 e. The SMILES string of the molecule is CCCc1ccc(OC(=O)CC)c(-c2cc(CCC)ccc2OC(=O)CC)c1. The van der Waals surface area contributed by atoms with Crippen molar-refractivity contribution in [2.24, 2.45) is 0 Å². The summed E-state index contributed by atoms with van der Waals surface area (Å²) in [7, 11) is 0. The second-order valence-corrected chi connectivity index (χ2v) is 6.82. The minimum atomic E-state index is -0.290. The summed E-state index contributed by atoms with van der Waals surface area (Å²) in [6, 6.07) is 11.7. The Hall–Kier alpha value is -2.62. The van der Waals surface area contributed by atoms with Crippen LogP contribution in [0.5, 0.6) is 11.5 Å². The summed E-state index contributed by atoms with van der Waals surface area (Å²) in [6.45, 7) is 7.79. The van der Waals surface area contributed by atoms with Crippen LogP contribution in [0.2, 0.25) is 0 Å². The fourth-order valence-electron chi connectivity index (χ4n) is 3.03. The Balaban J connectivity index is 2.63. The lowest BCUT2D eigenvalue weighted by Gasteiger charge is -2.16. The van der Waals surface area contributed by atoms with Crippen LogP contribution in [-0.4, -0.2) is 11.9 Å². The van der Waals surface area contributed by atoms with E-state index in [2.05, 4.69) is 13.8 Å². The molecule has 0 unspecified atom stereocenters. The molecule has 0 aromatic heterocycles. The standard InChI is InChI=1S/C24H30O4/c1-5-9-17-11-13-21(27-23(25)7-3)19(15-17)20-16-18(10-6-2)12-14-22(20)28-24(26)8-4/h11-16H,5-10H2,1-4H3. The molecule has 2 rings (SSSR count). The van der Waals surface area contributed by atoms with Gasteiger partial charge in [-0.05, 0) is 48.2 Å². The third-order valence-corrected chi connectivity index (χ3v) is 4.48. The maximum absolute atomic E-state index is 11.9. The highest BCUT2D eigenvalue weighted by atomic mass is 16.5. The second kappa shape index (κ2) is 10.6. The van der Waals surface area contributed by atoms with Gasteiger partial charge < -0.3 is 9.47 Å². The van der Waals surface area contributed by atoms with Crippen LogP contribution in [0.4, 0.5) is 0 Å². The Morgan fingerprint density at radius 3 is 1.39 bits per heavy atom. The predicted octanol–water partition coefficient (Wildman–Crippen LogP) is 5.89. The molecule has 0 atom stereocenters. The topological polar surface area (TPSA) is 52.6 Å². The first-order valence-corrected chi connectivity index (χ1v) is 10.2. The van der Waals surface area contributed by atoms with E-state index in [4.69, 9.17) is 9.47 Å². The average molecular weight is 383 g/mol. The van der Waals surface area contributed by atoms with Gasteiger partial charge in [0.05, 0.1) is 0 Å². The molecule has 0 saturated carbocycles. The van der Waals surface area contributed by atoms with Gasteiger partial charge in [0.15, 0.2) is 0 Å². The monoisotopic (exact) mass is 382 g/mol. The number of ether oxygens (including phenoxy) is 2. The summed E-state index contributed by atoms with van der Waals surface area (Å²) in [5, 5.41) is 0. The normalized spacial score (nSPS) is 10.6. The van der Waals surface area contributed by atoms with Crippen molar-refractivity contribution in [2.75, 3.05) is 0 Å². The number of benzene rings is 2. The molecule has 0 aliphatic rings. The van der Waals surface area contributed by atoms with E-state index in [1.54, 1.807) is 13.8 Å². The summed E-state index contributed by atoms with van der Waals surface area (Å²) in [5.41, 5.74) is 3.87. The van der Waals surface area contributed by atoms with E-state index in [1.165, 1.54) is 0 Å². The van der Waals surface area contributed by atoms with Crippen molar-refractivity contribution >= 4 is 11.9 Å². The Labute approximate surface area is 167 Å². The molecular formula is C24H30O4. The number of aryl methyl sites for hydroxylation is 2. The van der Waals surface area contributed by atoms with Gasteiger partial charge in [-0.1, -0.05) is 52.7 Å². The van der Waals surface area contributed by atoms with Crippen LogP contribution in [0.25, 0.3) is 11.1 Å².